The van der Waals surface area contributed by atoms with Gasteiger partial charge in [0.25, 0.3) is 5.56 Å². The number of carbonyl (C=O) groups excluding carboxylic acids is 1. The number of aromatic nitrogens is 3. The molecule has 0 spiro atoms. The summed E-state index contributed by atoms with van der Waals surface area (Å²) in [6.45, 7) is 5.27. The summed E-state index contributed by atoms with van der Waals surface area (Å²) in [6, 6.07) is 0. The summed E-state index contributed by atoms with van der Waals surface area (Å²) in [5.74, 6) is 0. The fourth-order valence-electron chi connectivity index (χ4n) is 1.48. The molecule has 2 aromatic rings. The van der Waals surface area contributed by atoms with Crippen molar-refractivity contribution in [1.82, 2.24) is 14.5 Å². The summed E-state index contributed by atoms with van der Waals surface area (Å²) in [6.07, 6.45) is 2.15. The summed E-state index contributed by atoms with van der Waals surface area (Å²) in [7, 11) is 0. The Hall–Kier alpha value is -1.63. The molecule has 0 aliphatic rings. The second kappa shape index (κ2) is 4.24. The minimum Gasteiger partial charge on any atom is -0.443 e. The highest BCUT2D eigenvalue weighted by molar-refractivity contribution is 9.10. The Labute approximate surface area is 111 Å². The number of H-pyrrole nitrogens is 1. The van der Waals surface area contributed by atoms with Gasteiger partial charge in [0.05, 0.1) is 10.8 Å². The van der Waals surface area contributed by atoms with Crippen molar-refractivity contribution in [3.05, 3.63) is 27.4 Å². The minimum atomic E-state index is -0.630. The first-order chi connectivity index (χ1) is 8.29. The fraction of sp³-hybridized carbons (Fsp3) is 0.364. The number of aromatic amines is 1. The van der Waals surface area contributed by atoms with Gasteiger partial charge in [-0.3, -0.25) is 4.79 Å². The minimum absolute atomic E-state index is 0.165. The van der Waals surface area contributed by atoms with E-state index in [9.17, 15) is 9.59 Å². The van der Waals surface area contributed by atoms with Crippen LogP contribution in [0.4, 0.5) is 4.79 Å². The molecule has 0 atom stereocenters. The molecule has 0 saturated carbocycles. The van der Waals surface area contributed by atoms with Crippen LogP contribution in [0.15, 0.2) is 21.8 Å². The molecule has 0 aliphatic heterocycles. The molecule has 0 amide bonds. The Morgan fingerprint density at radius 2 is 2.17 bits per heavy atom. The van der Waals surface area contributed by atoms with E-state index in [1.54, 1.807) is 20.8 Å². The first-order valence-electron chi connectivity index (χ1n) is 5.27. The highest BCUT2D eigenvalue weighted by atomic mass is 79.9. The molecule has 0 aromatic carbocycles. The van der Waals surface area contributed by atoms with Crippen molar-refractivity contribution in [2.24, 2.45) is 0 Å². The lowest BCUT2D eigenvalue weighted by Gasteiger charge is -2.19. The van der Waals surface area contributed by atoms with Gasteiger partial charge in [-0.15, -0.1) is 0 Å². The van der Waals surface area contributed by atoms with E-state index >= 15 is 0 Å². The van der Waals surface area contributed by atoms with E-state index in [0.29, 0.717) is 9.99 Å². The highest BCUT2D eigenvalue weighted by Crippen LogP contribution is 2.22. The van der Waals surface area contributed by atoms with Gasteiger partial charge in [0.15, 0.2) is 0 Å². The van der Waals surface area contributed by atoms with Crippen molar-refractivity contribution in [3.63, 3.8) is 0 Å². The molecule has 0 fully saturated rings. The third-order valence-electron chi connectivity index (χ3n) is 2.13. The van der Waals surface area contributed by atoms with Crippen LogP contribution in [0.3, 0.4) is 0 Å². The maximum atomic E-state index is 12.0. The largest absolute Gasteiger partial charge is 0.443 e. The zero-order valence-electron chi connectivity index (χ0n) is 10.2. The normalized spacial score (nSPS) is 11.8. The lowest BCUT2D eigenvalue weighted by molar-refractivity contribution is 0.0544. The first kappa shape index (κ1) is 12.8. The molecule has 6 nitrogen and oxygen atoms in total. The second-order valence-electron chi connectivity index (χ2n) is 4.76. The molecule has 0 saturated heterocycles. The average Bonchev–Trinajstić information content (AvgIpc) is 2.56. The van der Waals surface area contributed by atoms with E-state index in [0.717, 1.165) is 4.57 Å². The molecule has 0 aliphatic carbocycles. The number of fused-ring (bicyclic) bond motifs is 1. The fourth-order valence-corrected chi connectivity index (χ4v) is 1.98. The second-order valence-corrected chi connectivity index (χ2v) is 5.61. The third-order valence-corrected chi connectivity index (χ3v) is 2.71. The van der Waals surface area contributed by atoms with Crippen LogP contribution >= 0.6 is 15.9 Å². The van der Waals surface area contributed by atoms with Gasteiger partial charge in [0.1, 0.15) is 16.6 Å². The molecule has 0 radical (unpaired) electrons. The number of nitrogens with zero attached hydrogens (tertiary/aromatic N) is 2. The standard InChI is InChI=1S/C11H12BrN3O3/c1-11(2,3)18-10(17)15-4-6(12)7-8(15)9(16)14-5-13-7/h4-5H,1-3H3,(H,13,14,16). The molecule has 96 valence electrons. The maximum absolute atomic E-state index is 12.0. The summed E-state index contributed by atoms with van der Waals surface area (Å²) < 4.78 is 6.94. The lowest BCUT2D eigenvalue weighted by atomic mass is 10.2. The zero-order chi connectivity index (χ0) is 13.5. The van der Waals surface area contributed by atoms with E-state index in [-0.39, 0.29) is 5.52 Å². The number of nitrogens with one attached hydrogen (secondary N) is 1. The molecule has 2 aromatic heterocycles. The van der Waals surface area contributed by atoms with Crippen molar-refractivity contribution >= 4 is 33.1 Å². The smallest absolute Gasteiger partial charge is 0.419 e. The van der Waals surface area contributed by atoms with E-state index in [1.165, 1.54) is 12.5 Å². The maximum Gasteiger partial charge on any atom is 0.419 e. The van der Waals surface area contributed by atoms with Crippen LogP contribution in [-0.4, -0.2) is 26.2 Å². The number of hydrogen-bond acceptors (Lipinski definition) is 4. The molecule has 18 heavy (non-hydrogen) atoms. The van der Waals surface area contributed by atoms with Crippen molar-refractivity contribution in [1.29, 1.82) is 0 Å². The molecular weight excluding hydrogens is 302 g/mol. The Balaban J connectivity index is 2.59. The summed E-state index contributed by atoms with van der Waals surface area (Å²) in [4.78, 5) is 30.2. The van der Waals surface area contributed by atoms with Crippen LogP contribution in [0.5, 0.6) is 0 Å². The van der Waals surface area contributed by atoms with Gasteiger partial charge in [-0.2, -0.15) is 0 Å². The number of hydrogen-bond donors (Lipinski definition) is 1. The van der Waals surface area contributed by atoms with Crippen LogP contribution < -0.4 is 5.56 Å². The third kappa shape index (κ3) is 2.31. The summed E-state index contributed by atoms with van der Waals surface area (Å²) in [5.41, 5.74) is -0.436. The summed E-state index contributed by atoms with van der Waals surface area (Å²) in [5, 5.41) is 0. The van der Waals surface area contributed by atoms with Crippen LogP contribution in [0.1, 0.15) is 20.8 Å². The first-order valence-corrected chi connectivity index (χ1v) is 6.06. The van der Waals surface area contributed by atoms with Crippen LogP contribution in [0.25, 0.3) is 11.0 Å². The number of halogens is 1. The van der Waals surface area contributed by atoms with Gasteiger partial charge in [-0.25, -0.2) is 14.3 Å². The van der Waals surface area contributed by atoms with Crippen molar-refractivity contribution in [3.8, 4) is 0 Å². The SMILES string of the molecule is CC(C)(C)OC(=O)n1cc(Br)c2nc[nH]c(=O)c21. The van der Waals surface area contributed by atoms with E-state index in [1.807, 2.05) is 0 Å². The number of rotatable bonds is 0. The average molecular weight is 314 g/mol. The van der Waals surface area contributed by atoms with E-state index in [2.05, 4.69) is 25.9 Å². The Morgan fingerprint density at radius 3 is 2.78 bits per heavy atom. The molecule has 2 heterocycles. The Bertz CT molecular complexity index is 666. The molecule has 1 N–H and O–H groups in total. The quantitative estimate of drug-likeness (QED) is 0.809. The number of ether oxygens (including phenoxy) is 1. The van der Waals surface area contributed by atoms with Crippen molar-refractivity contribution in [2.45, 2.75) is 26.4 Å². The van der Waals surface area contributed by atoms with E-state index < -0.39 is 17.3 Å². The Morgan fingerprint density at radius 1 is 1.50 bits per heavy atom. The molecule has 7 heteroatoms. The number of carbonyl (C=O) groups is 1. The van der Waals surface area contributed by atoms with Crippen LogP contribution in [-0.2, 0) is 4.74 Å². The van der Waals surface area contributed by atoms with Gasteiger partial charge in [-0.1, -0.05) is 0 Å². The van der Waals surface area contributed by atoms with E-state index in [4.69, 9.17) is 4.74 Å². The highest BCUT2D eigenvalue weighted by Gasteiger charge is 2.22. The van der Waals surface area contributed by atoms with Gasteiger partial charge >= 0.3 is 6.09 Å². The van der Waals surface area contributed by atoms with Gasteiger partial charge in [0, 0.05) is 6.20 Å². The monoisotopic (exact) mass is 313 g/mol. The molecule has 0 unspecified atom stereocenters. The zero-order valence-corrected chi connectivity index (χ0v) is 11.7. The molecular formula is C11H12BrN3O3. The summed E-state index contributed by atoms with van der Waals surface area (Å²) >= 11 is 3.26. The van der Waals surface area contributed by atoms with Crippen molar-refractivity contribution < 1.29 is 9.53 Å². The predicted octanol–water partition coefficient (Wildman–Crippen LogP) is 2.27. The molecule has 0 bridgehead atoms. The lowest BCUT2D eigenvalue weighted by Crippen LogP contribution is -2.28. The Kier molecular flexibility index (Phi) is 3.02. The van der Waals surface area contributed by atoms with Gasteiger partial charge < -0.3 is 9.72 Å². The van der Waals surface area contributed by atoms with Crippen LogP contribution in [0, 0.1) is 0 Å². The van der Waals surface area contributed by atoms with Crippen LogP contribution in [0.2, 0.25) is 0 Å². The topological polar surface area (TPSA) is 77.0 Å². The van der Waals surface area contributed by atoms with Gasteiger partial charge in [-0.05, 0) is 36.7 Å². The van der Waals surface area contributed by atoms with Gasteiger partial charge in [0.2, 0.25) is 0 Å². The predicted molar refractivity (Wildman–Crippen MR) is 69.7 cm³/mol. The molecule has 2 rings (SSSR count). The van der Waals surface area contributed by atoms with Crippen molar-refractivity contribution in [2.75, 3.05) is 0 Å².